The van der Waals surface area contributed by atoms with Crippen LogP contribution in [0.25, 0.3) is 0 Å². The molecule has 1 aliphatic rings. The largest absolute Gasteiger partial charge is 0.493 e. The maximum atomic E-state index is 12.1. The molecule has 7 heteroatoms. The van der Waals surface area contributed by atoms with Gasteiger partial charge in [-0.3, -0.25) is 9.59 Å². The number of ether oxygens (including phenoxy) is 3. The van der Waals surface area contributed by atoms with Crippen LogP contribution in [0, 0.1) is 0 Å². The molecule has 0 saturated heterocycles. The Kier molecular flexibility index (Phi) is 7.00. The number of carbonyl (C=O) groups excluding carboxylic acids is 3. The van der Waals surface area contributed by atoms with E-state index in [1.54, 1.807) is 12.1 Å². The summed E-state index contributed by atoms with van der Waals surface area (Å²) in [6, 6.07) is 7.10. The van der Waals surface area contributed by atoms with Crippen molar-refractivity contribution in [3.63, 3.8) is 0 Å². The molecule has 7 nitrogen and oxygen atoms in total. The van der Waals surface area contributed by atoms with Crippen LogP contribution in [0.15, 0.2) is 36.3 Å². The quantitative estimate of drug-likeness (QED) is 0.434. The summed E-state index contributed by atoms with van der Waals surface area (Å²) < 4.78 is 15.0. The van der Waals surface area contributed by atoms with Crippen molar-refractivity contribution in [2.24, 2.45) is 0 Å². The van der Waals surface area contributed by atoms with Crippen molar-refractivity contribution in [3.8, 4) is 0 Å². The standard InChI is InChI=1S/C18H21NO6/c1-13(20)19-8-2-3-14-4-6-15(7-5-14)16(21)11-25-18(22)17-12-23-9-10-24-17/h4-7,12H,2-3,8-11H2,1H3,(H,19,20). The number of hydrogen-bond acceptors (Lipinski definition) is 6. The summed E-state index contributed by atoms with van der Waals surface area (Å²) in [4.78, 5) is 34.5. The van der Waals surface area contributed by atoms with Crippen molar-refractivity contribution in [2.45, 2.75) is 19.8 Å². The summed E-state index contributed by atoms with van der Waals surface area (Å²) in [7, 11) is 0. The maximum Gasteiger partial charge on any atom is 0.377 e. The average molecular weight is 347 g/mol. The minimum Gasteiger partial charge on any atom is -0.493 e. The number of ketones is 1. The van der Waals surface area contributed by atoms with Crippen molar-refractivity contribution < 1.29 is 28.6 Å². The molecule has 1 aromatic carbocycles. The number of esters is 1. The van der Waals surface area contributed by atoms with Crippen LogP contribution in [-0.4, -0.2) is 44.0 Å². The lowest BCUT2D eigenvalue weighted by molar-refractivity contribution is -0.143. The van der Waals surface area contributed by atoms with E-state index in [1.807, 2.05) is 12.1 Å². The topological polar surface area (TPSA) is 90.9 Å². The summed E-state index contributed by atoms with van der Waals surface area (Å²) in [5.41, 5.74) is 1.53. The van der Waals surface area contributed by atoms with Gasteiger partial charge in [0, 0.05) is 19.0 Å². The Balaban J connectivity index is 1.76. The monoisotopic (exact) mass is 347 g/mol. The predicted octanol–water partition coefficient (Wildman–Crippen LogP) is 1.37. The van der Waals surface area contributed by atoms with Gasteiger partial charge in [-0.05, 0) is 18.4 Å². The van der Waals surface area contributed by atoms with E-state index < -0.39 is 5.97 Å². The molecular formula is C18H21NO6. The van der Waals surface area contributed by atoms with Crippen molar-refractivity contribution in [1.82, 2.24) is 5.32 Å². The van der Waals surface area contributed by atoms with Crippen LogP contribution in [0.5, 0.6) is 0 Å². The Labute approximate surface area is 145 Å². The number of hydrogen-bond donors (Lipinski definition) is 1. The molecule has 25 heavy (non-hydrogen) atoms. The molecule has 0 fully saturated rings. The zero-order valence-electron chi connectivity index (χ0n) is 14.1. The lowest BCUT2D eigenvalue weighted by Gasteiger charge is -2.14. The summed E-state index contributed by atoms with van der Waals surface area (Å²) in [5, 5.41) is 2.73. The summed E-state index contributed by atoms with van der Waals surface area (Å²) in [5.74, 6) is -1.09. The van der Waals surface area contributed by atoms with Gasteiger partial charge in [-0.2, -0.15) is 0 Å². The number of benzene rings is 1. The molecule has 0 bridgehead atoms. The van der Waals surface area contributed by atoms with Crippen LogP contribution in [0.2, 0.25) is 0 Å². The Morgan fingerprint density at radius 3 is 2.56 bits per heavy atom. The maximum absolute atomic E-state index is 12.1. The van der Waals surface area contributed by atoms with E-state index in [0.29, 0.717) is 18.7 Å². The van der Waals surface area contributed by atoms with Crippen LogP contribution in [-0.2, 0) is 30.2 Å². The Bertz CT molecular complexity index is 650. The molecule has 1 aromatic rings. The van der Waals surface area contributed by atoms with E-state index in [1.165, 1.54) is 13.2 Å². The van der Waals surface area contributed by atoms with Gasteiger partial charge < -0.3 is 19.5 Å². The van der Waals surface area contributed by atoms with E-state index in [2.05, 4.69) is 5.32 Å². The van der Waals surface area contributed by atoms with Gasteiger partial charge in [-0.1, -0.05) is 24.3 Å². The molecule has 1 amide bonds. The predicted molar refractivity (Wildman–Crippen MR) is 88.7 cm³/mol. The van der Waals surface area contributed by atoms with Crippen LogP contribution >= 0.6 is 0 Å². The smallest absolute Gasteiger partial charge is 0.377 e. The number of nitrogens with one attached hydrogen (secondary N) is 1. The van der Waals surface area contributed by atoms with Gasteiger partial charge in [-0.25, -0.2) is 4.79 Å². The molecule has 2 rings (SSSR count). The third-order valence-electron chi connectivity index (χ3n) is 3.48. The summed E-state index contributed by atoms with van der Waals surface area (Å²) in [6.45, 7) is 2.40. The highest BCUT2D eigenvalue weighted by Gasteiger charge is 2.18. The molecule has 1 aliphatic heterocycles. The molecule has 0 aliphatic carbocycles. The first-order valence-electron chi connectivity index (χ1n) is 8.04. The SMILES string of the molecule is CC(=O)NCCCc1ccc(C(=O)COC(=O)C2=COCCO2)cc1. The first-order chi connectivity index (χ1) is 12.1. The average Bonchev–Trinajstić information content (AvgIpc) is 2.64. The number of amides is 1. The second kappa shape index (κ2) is 9.46. The van der Waals surface area contributed by atoms with Crippen molar-refractivity contribution in [1.29, 1.82) is 0 Å². The molecule has 1 N–H and O–H groups in total. The highest BCUT2D eigenvalue weighted by atomic mass is 16.6. The third-order valence-corrected chi connectivity index (χ3v) is 3.48. The molecule has 0 saturated carbocycles. The Hall–Kier alpha value is -2.83. The minimum absolute atomic E-state index is 0.0337. The highest BCUT2D eigenvalue weighted by molar-refractivity contribution is 5.98. The minimum atomic E-state index is -0.720. The van der Waals surface area contributed by atoms with E-state index in [9.17, 15) is 14.4 Å². The van der Waals surface area contributed by atoms with Crippen LogP contribution in [0.1, 0.15) is 29.3 Å². The van der Waals surface area contributed by atoms with Crippen molar-refractivity contribution >= 4 is 17.7 Å². The van der Waals surface area contributed by atoms with E-state index >= 15 is 0 Å². The first-order valence-corrected chi connectivity index (χ1v) is 8.04. The van der Waals surface area contributed by atoms with Gasteiger partial charge >= 0.3 is 5.97 Å². The fourth-order valence-electron chi connectivity index (χ4n) is 2.18. The second-order valence-corrected chi connectivity index (χ2v) is 5.48. The Morgan fingerprint density at radius 1 is 1.16 bits per heavy atom. The van der Waals surface area contributed by atoms with Crippen LogP contribution < -0.4 is 5.32 Å². The molecule has 0 spiro atoms. The fourth-order valence-corrected chi connectivity index (χ4v) is 2.18. The summed E-state index contributed by atoms with van der Waals surface area (Å²) in [6.07, 6.45) is 2.81. The van der Waals surface area contributed by atoms with E-state index in [4.69, 9.17) is 14.2 Å². The van der Waals surface area contributed by atoms with Crippen molar-refractivity contribution in [2.75, 3.05) is 26.4 Å². The van der Waals surface area contributed by atoms with E-state index in [-0.39, 0.29) is 30.7 Å². The number of aryl methyl sites for hydroxylation is 1. The zero-order valence-corrected chi connectivity index (χ0v) is 14.1. The lowest BCUT2D eigenvalue weighted by Crippen LogP contribution is -2.21. The summed E-state index contributed by atoms with van der Waals surface area (Å²) >= 11 is 0. The number of Topliss-reactive ketones (excluding diaryl/α,β-unsaturated/α-hetero) is 1. The number of rotatable bonds is 8. The molecule has 134 valence electrons. The second-order valence-electron chi connectivity index (χ2n) is 5.48. The van der Waals surface area contributed by atoms with Gasteiger partial charge in [0.2, 0.25) is 11.7 Å². The van der Waals surface area contributed by atoms with Crippen LogP contribution in [0.4, 0.5) is 0 Å². The van der Waals surface area contributed by atoms with Crippen LogP contribution in [0.3, 0.4) is 0 Å². The highest BCUT2D eigenvalue weighted by Crippen LogP contribution is 2.10. The van der Waals surface area contributed by atoms with Gasteiger partial charge in [0.05, 0.1) is 0 Å². The lowest BCUT2D eigenvalue weighted by atomic mass is 10.1. The Morgan fingerprint density at radius 2 is 1.92 bits per heavy atom. The first kappa shape index (κ1) is 18.5. The van der Waals surface area contributed by atoms with Gasteiger partial charge in [0.15, 0.2) is 12.4 Å². The van der Waals surface area contributed by atoms with Gasteiger partial charge in [0.1, 0.15) is 19.5 Å². The van der Waals surface area contributed by atoms with E-state index in [0.717, 1.165) is 18.4 Å². The molecule has 1 heterocycles. The normalized spacial score (nSPS) is 13.1. The number of carbonyl (C=O) groups is 3. The molecule has 0 atom stereocenters. The van der Waals surface area contributed by atoms with Gasteiger partial charge in [0.25, 0.3) is 0 Å². The molecule has 0 unspecified atom stereocenters. The third kappa shape index (κ3) is 6.29. The fraction of sp³-hybridized carbons (Fsp3) is 0.389. The zero-order chi connectivity index (χ0) is 18.1. The molecule has 0 radical (unpaired) electrons. The van der Waals surface area contributed by atoms with Crippen molar-refractivity contribution in [3.05, 3.63) is 47.4 Å². The van der Waals surface area contributed by atoms with Gasteiger partial charge in [-0.15, -0.1) is 0 Å². The molecule has 0 aromatic heterocycles. The molecular weight excluding hydrogens is 326 g/mol.